The molecular formula is C14H10BrNO. The van der Waals surface area contributed by atoms with Crippen molar-refractivity contribution in [2.45, 2.75) is 6.92 Å². The molecule has 0 spiro atoms. The van der Waals surface area contributed by atoms with Crippen LogP contribution in [0.2, 0.25) is 0 Å². The van der Waals surface area contributed by atoms with Gasteiger partial charge >= 0.3 is 0 Å². The van der Waals surface area contributed by atoms with Crippen LogP contribution in [-0.4, -0.2) is 5.16 Å². The quantitative estimate of drug-likeness (QED) is 0.655. The smallest absolute Gasteiger partial charge is 0.168 e. The lowest BCUT2D eigenvalue weighted by Crippen LogP contribution is -1.82. The highest BCUT2D eigenvalue weighted by molar-refractivity contribution is 9.10. The number of nitrogens with zero attached hydrogens (tertiary/aromatic N) is 1. The normalized spacial score (nSPS) is 10.9. The van der Waals surface area contributed by atoms with Crippen molar-refractivity contribution in [3.8, 4) is 11.3 Å². The van der Waals surface area contributed by atoms with E-state index in [4.69, 9.17) is 4.52 Å². The number of fused-ring (bicyclic) bond motifs is 1. The van der Waals surface area contributed by atoms with Crippen molar-refractivity contribution in [1.82, 2.24) is 5.16 Å². The Morgan fingerprint density at radius 1 is 1.12 bits per heavy atom. The van der Waals surface area contributed by atoms with E-state index in [1.54, 1.807) is 0 Å². The van der Waals surface area contributed by atoms with Crippen LogP contribution in [0, 0.1) is 6.92 Å². The first kappa shape index (κ1) is 10.5. The fraction of sp³-hybridized carbons (Fsp3) is 0.0714. The SMILES string of the molecule is Cc1ccccc1-c1noc2cc(Br)ccc12. The summed E-state index contributed by atoms with van der Waals surface area (Å²) in [5.74, 6) is 0. The number of benzene rings is 2. The van der Waals surface area contributed by atoms with Crippen LogP contribution in [0.5, 0.6) is 0 Å². The van der Waals surface area contributed by atoms with Crippen molar-refractivity contribution >= 4 is 26.9 Å². The van der Waals surface area contributed by atoms with E-state index in [1.165, 1.54) is 5.56 Å². The summed E-state index contributed by atoms with van der Waals surface area (Å²) in [6.07, 6.45) is 0. The monoisotopic (exact) mass is 287 g/mol. The van der Waals surface area contributed by atoms with Crippen molar-refractivity contribution in [2.24, 2.45) is 0 Å². The zero-order chi connectivity index (χ0) is 11.8. The second-order valence-corrected chi connectivity index (χ2v) is 4.90. The van der Waals surface area contributed by atoms with Crippen LogP contribution in [0.25, 0.3) is 22.2 Å². The molecule has 0 aliphatic carbocycles. The Balaban J connectivity index is 2.29. The average molecular weight is 288 g/mol. The fourth-order valence-electron chi connectivity index (χ4n) is 1.94. The van der Waals surface area contributed by atoms with Crippen LogP contribution >= 0.6 is 15.9 Å². The Hall–Kier alpha value is -1.61. The molecule has 0 aliphatic rings. The lowest BCUT2D eigenvalue weighted by molar-refractivity contribution is 0.459. The van der Waals surface area contributed by atoms with Crippen LogP contribution in [-0.2, 0) is 0 Å². The summed E-state index contributed by atoms with van der Waals surface area (Å²) < 4.78 is 6.36. The number of rotatable bonds is 1. The van der Waals surface area contributed by atoms with Gasteiger partial charge in [-0.2, -0.15) is 0 Å². The van der Waals surface area contributed by atoms with Gasteiger partial charge in [-0.25, -0.2) is 0 Å². The van der Waals surface area contributed by atoms with Crippen LogP contribution in [0.15, 0.2) is 51.5 Å². The molecule has 0 unspecified atom stereocenters. The van der Waals surface area contributed by atoms with E-state index < -0.39 is 0 Å². The van der Waals surface area contributed by atoms with Gasteiger partial charge in [-0.1, -0.05) is 45.4 Å². The molecule has 0 atom stereocenters. The molecule has 0 amide bonds. The van der Waals surface area contributed by atoms with Crippen LogP contribution in [0.3, 0.4) is 0 Å². The van der Waals surface area contributed by atoms with Gasteiger partial charge in [-0.05, 0) is 30.7 Å². The molecule has 0 saturated carbocycles. The van der Waals surface area contributed by atoms with E-state index in [1.807, 2.05) is 30.3 Å². The van der Waals surface area contributed by atoms with Crippen molar-refractivity contribution in [1.29, 1.82) is 0 Å². The van der Waals surface area contributed by atoms with Gasteiger partial charge < -0.3 is 4.52 Å². The second-order valence-electron chi connectivity index (χ2n) is 3.99. The third-order valence-corrected chi connectivity index (χ3v) is 3.33. The lowest BCUT2D eigenvalue weighted by atomic mass is 10.0. The number of aromatic nitrogens is 1. The summed E-state index contributed by atoms with van der Waals surface area (Å²) in [4.78, 5) is 0. The van der Waals surface area contributed by atoms with Crippen molar-refractivity contribution in [3.63, 3.8) is 0 Å². The van der Waals surface area contributed by atoms with E-state index in [0.29, 0.717) is 0 Å². The molecule has 2 aromatic carbocycles. The van der Waals surface area contributed by atoms with E-state index in [9.17, 15) is 0 Å². The third-order valence-electron chi connectivity index (χ3n) is 2.83. The molecule has 0 bridgehead atoms. The Labute approximate surface area is 107 Å². The van der Waals surface area contributed by atoms with Gasteiger partial charge in [0.05, 0.1) is 0 Å². The highest BCUT2D eigenvalue weighted by atomic mass is 79.9. The zero-order valence-corrected chi connectivity index (χ0v) is 10.9. The molecule has 0 radical (unpaired) electrons. The zero-order valence-electron chi connectivity index (χ0n) is 9.27. The molecule has 0 N–H and O–H groups in total. The summed E-state index contributed by atoms with van der Waals surface area (Å²) in [6, 6.07) is 14.1. The van der Waals surface area contributed by atoms with Gasteiger partial charge in [0.25, 0.3) is 0 Å². The number of hydrogen-bond acceptors (Lipinski definition) is 2. The van der Waals surface area contributed by atoms with Crippen LogP contribution in [0.4, 0.5) is 0 Å². The summed E-state index contributed by atoms with van der Waals surface area (Å²) in [7, 11) is 0. The van der Waals surface area contributed by atoms with Gasteiger partial charge in [-0.15, -0.1) is 0 Å². The highest BCUT2D eigenvalue weighted by Gasteiger charge is 2.11. The molecule has 1 heterocycles. The van der Waals surface area contributed by atoms with Gasteiger partial charge in [0.1, 0.15) is 5.69 Å². The molecule has 3 aromatic rings. The molecule has 84 valence electrons. The van der Waals surface area contributed by atoms with Crippen molar-refractivity contribution in [3.05, 3.63) is 52.5 Å². The summed E-state index contributed by atoms with van der Waals surface area (Å²) in [5.41, 5.74) is 4.03. The number of hydrogen-bond donors (Lipinski definition) is 0. The Morgan fingerprint density at radius 2 is 1.94 bits per heavy atom. The topological polar surface area (TPSA) is 26.0 Å². The van der Waals surface area contributed by atoms with E-state index in [0.717, 1.165) is 26.7 Å². The molecule has 17 heavy (non-hydrogen) atoms. The Morgan fingerprint density at radius 3 is 2.76 bits per heavy atom. The van der Waals surface area contributed by atoms with Gasteiger partial charge in [0, 0.05) is 15.4 Å². The molecule has 1 aromatic heterocycles. The first-order valence-corrected chi connectivity index (χ1v) is 6.16. The van der Waals surface area contributed by atoms with Gasteiger partial charge in [0.2, 0.25) is 0 Å². The predicted molar refractivity (Wildman–Crippen MR) is 71.9 cm³/mol. The van der Waals surface area contributed by atoms with Crippen LogP contribution < -0.4 is 0 Å². The summed E-state index contributed by atoms with van der Waals surface area (Å²) in [5, 5.41) is 5.22. The van der Waals surface area contributed by atoms with Crippen molar-refractivity contribution in [2.75, 3.05) is 0 Å². The fourth-order valence-corrected chi connectivity index (χ4v) is 2.28. The minimum absolute atomic E-state index is 0.803. The second kappa shape index (κ2) is 4.00. The maximum absolute atomic E-state index is 5.36. The first-order chi connectivity index (χ1) is 8.25. The number of aryl methyl sites for hydroxylation is 1. The van der Waals surface area contributed by atoms with Gasteiger partial charge in [-0.3, -0.25) is 0 Å². The number of halogens is 1. The molecule has 2 nitrogen and oxygen atoms in total. The third kappa shape index (κ3) is 1.76. The Kier molecular flexibility index (Phi) is 2.48. The van der Waals surface area contributed by atoms with E-state index in [2.05, 4.69) is 40.1 Å². The highest BCUT2D eigenvalue weighted by Crippen LogP contribution is 2.31. The average Bonchev–Trinajstić information content (AvgIpc) is 2.72. The summed E-state index contributed by atoms with van der Waals surface area (Å²) in [6.45, 7) is 2.08. The van der Waals surface area contributed by atoms with E-state index in [-0.39, 0.29) is 0 Å². The minimum atomic E-state index is 0.803. The molecule has 3 heteroatoms. The first-order valence-electron chi connectivity index (χ1n) is 5.36. The van der Waals surface area contributed by atoms with Crippen molar-refractivity contribution < 1.29 is 4.52 Å². The predicted octanol–water partition coefficient (Wildman–Crippen LogP) is 4.57. The molecular weight excluding hydrogens is 278 g/mol. The largest absolute Gasteiger partial charge is 0.356 e. The molecule has 0 saturated heterocycles. The molecule has 0 fully saturated rings. The molecule has 0 aliphatic heterocycles. The molecule has 3 rings (SSSR count). The standard InChI is InChI=1S/C14H10BrNO/c1-9-4-2-3-5-11(9)14-12-7-6-10(15)8-13(12)17-16-14/h2-8H,1H3. The minimum Gasteiger partial charge on any atom is -0.356 e. The van der Waals surface area contributed by atoms with Gasteiger partial charge in [0.15, 0.2) is 5.58 Å². The maximum Gasteiger partial charge on any atom is 0.168 e. The summed E-state index contributed by atoms with van der Waals surface area (Å²) >= 11 is 3.42. The van der Waals surface area contributed by atoms with E-state index >= 15 is 0 Å². The Bertz CT molecular complexity index is 688. The van der Waals surface area contributed by atoms with Crippen LogP contribution in [0.1, 0.15) is 5.56 Å². The lowest BCUT2D eigenvalue weighted by Gasteiger charge is -2.01. The maximum atomic E-state index is 5.36.